The average molecular weight is 377 g/mol. The number of rotatable bonds is 3. The van der Waals surface area contributed by atoms with Crippen molar-refractivity contribution in [2.75, 3.05) is 10.5 Å². The number of nitrogens with two attached hydrogens (primary N) is 1. The topological polar surface area (TPSA) is 72.2 Å². The van der Waals surface area contributed by atoms with Crippen LogP contribution in [0, 0.1) is 18.6 Å². The fraction of sp³-hybridized carbons (Fsp3) is 0.0769. The van der Waals surface area contributed by atoms with Crippen molar-refractivity contribution in [2.24, 2.45) is 0 Å². The predicted octanol–water partition coefficient (Wildman–Crippen LogP) is 3.42. The Morgan fingerprint density at radius 1 is 1.14 bits per heavy atom. The molecule has 2 rings (SSSR count). The molecule has 0 saturated carbocycles. The van der Waals surface area contributed by atoms with Crippen molar-refractivity contribution in [1.29, 1.82) is 0 Å². The van der Waals surface area contributed by atoms with Crippen LogP contribution >= 0.6 is 15.9 Å². The Kier molecular flexibility index (Phi) is 4.20. The Morgan fingerprint density at radius 3 is 2.24 bits per heavy atom. The average Bonchev–Trinajstić information content (AvgIpc) is 2.31. The van der Waals surface area contributed by atoms with E-state index >= 15 is 0 Å². The third kappa shape index (κ3) is 3.33. The first-order chi connectivity index (χ1) is 9.70. The Balaban J connectivity index is 2.46. The minimum Gasteiger partial charge on any atom is -0.399 e. The van der Waals surface area contributed by atoms with E-state index in [0.717, 1.165) is 17.7 Å². The molecule has 2 aromatic rings. The fourth-order valence-corrected chi connectivity index (χ4v) is 3.25. The first-order valence-corrected chi connectivity index (χ1v) is 8.02. The second-order valence-corrected chi connectivity index (χ2v) is 6.86. The molecule has 0 aliphatic rings. The summed E-state index contributed by atoms with van der Waals surface area (Å²) in [5, 5.41) is 0. The van der Waals surface area contributed by atoms with E-state index in [2.05, 4.69) is 20.7 Å². The highest BCUT2D eigenvalue weighted by molar-refractivity contribution is 9.10. The van der Waals surface area contributed by atoms with E-state index in [0.29, 0.717) is 4.47 Å². The van der Waals surface area contributed by atoms with Gasteiger partial charge in [0.2, 0.25) is 0 Å². The maximum absolute atomic E-state index is 13.7. The van der Waals surface area contributed by atoms with Crippen molar-refractivity contribution in [3.8, 4) is 0 Å². The molecule has 2 aromatic carbocycles. The molecule has 112 valence electrons. The van der Waals surface area contributed by atoms with Crippen molar-refractivity contribution in [1.82, 2.24) is 0 Å². The molecule has 0 radical (unpaired) electrons. The lowest BCUT2D eigenvalue weighted by atomic mass is 10.2. The van der Waals surface area contributed by atoms with E-state index in [9.17, 15) is 17.2 Å². The molecule has 0 heterocycles. The number of hydrogen-bond donors (Lipinski definition) is 2. The van der Waals surface area contributed by atoms with Crippen LogP contribution in [-0.4, -0.2) is 8.42 Å². The lowest BCUT2D eigenvalue weighted by Crippen LogP contribution is -2.16. The van der Waals surface area contributed by atoms with Crippen LogP contribution in [0.15, 0.2) is 39.7 Å². The highest BCUT2D eigenvalue weighted by atomic mass is 79.9. The Bertz CT molecular complexity index is 787. The first-order valence-electron chi connectivity index (χ1n) is 5.74. The summed E-state index contributed by atoms with van der Waals surface area (Å²) in [5.41, 5.74) is 6.14. The second kappa shape index (κ2) is 5.61. The van der Waals surface area contributed by atoms with Gasteiger partial charge >= 0.3 is 0 Å². The molecule has 4 nitrogen and oxygen atoms in total. The normalized spacial score (nSPS) is 11.4. The number of benzene rings is 2. The highest BCUT2D eigenvalue weighted by Gasteiger charge is 2.24. The number of sulfonamides is 1. The van der Waals surface area contributed by atoms with Crippen LogP contribution in [0.1, 0.15) is 5.56 Å². The predicted molar refractivity (Wildman–Crippen MR) is 80.5 cm³/mol. The van der Waals surface area contributed by atoms with Crippen molar-refractivity contribution in [3.63, 3.8) is 0 Å². The summed E-state index contributed by atoms with van der Waals surface area (Å²) < 4.78 is 54.4. The van der Waals surface area contributed by atoms with Gasteiger partial charge in [-0.05, 0) is 36.8 Å². The van der Waals surface area contributed by atoms with Gasteiger partial charge in [-0.3, -0.25) is 4.72 Å². The van der Waals surface area contributed by atoms with Gasteiger partial charge in [0.25, 0.3) is 10.0 Å². The van der Waals surface area contributed by atoms with Gasteiger partial charge in [0.05, 0.1) is 0 Å². The molecule has 3 N–H and O–H groups in total. The fourth-order valence-electron chi connectivity index (χ4n) is 1.70. The summed E-state index contributed by atoms with van der Waals surface area (Å²) in [7, 11) is -4.40. The lowest BCUT2D eigenvalue weighted by molar-refractivity contribution is 0.522. The first kappa shape index (κ1) is 15.7. The summed E-state index contributed by atoms with van der Waals surface area (Å²) in [6, 6.07) is 6.16. The van der Waals surface area contributed by atoms with Crippen molar-refractivity contribution < 1.29 is 17.2 Å². The summed E-state index contributed by atoms with van der Waals surface area (Å²) in [6.07, 6.45) is 0. The minimum atomic E-state index is -4.40. The maximum atomic E-state index is 13.7. The quantitative estimate of drug-likeness (QED) is 0.806. The monoisotopic (exact) mass is 376 g/mol. The molecular weight excluding hydrogens is 366 g/mol. The Hall–Kier alpha value is -1.67. The summed E-state index contributed by atoms with van der Waals surface area (Å²) in [5.74, 6) is -2.49. The van der Waals surface area contributed by atoms with Crippen molar-refractivity contribution >= 4 is 37.3 Å². The summed E-state index contributed by atoms with van der Waals surface area (Å²) in [6.45, 7) is 1.82. The van der Waals surface area contributed by atoms with E-state index in [1.54, 1.807) is 6.07 Å². The van der Waals surface area contributed by atoms with E-state index in [4.69, 9.17) is 5.73 Å². The maximum Gasteiger partial charge on any atom is 0.267 e. The molecule has 0 aliphatic heterocycles. The Labute approximate surface area is 129 Å². The van der Waals surface area contributed by atoms with Gasteiger partial charge in [-0.1, -0.05) is 22.0 Å². The third-order valence-corrected chi connectivity index (χ3v) is 5.00. The van der Waals surface area contributed by atoms with E-state index < -0.39 is 26.6 Å². The van der Waals surface area contributed by atoms with Gasteiger partial charge in [-0.15, -0.1) is 0 Å². The van der Waals surface area contributed by atoms with E-state index in [1.807, 2.05) is 6.92 Å². The van der Waals surface area contributed by atoms with Crippen LogP contribution in [0.4, 0.5) is 20.2 Å². The minimum absolute atomic E-state index is 0.183. The molecule has 0 aromatic heterocycles. The van der Waals surface area contributed by atoms with Crippen molar-refractivity contribution in [3.05, 3.63) is 52.0 Å². The van der Waals surface area contributed by atoms with E-state index in [-0.39, 0.29) is 11.4 Å². The molecular formula is C13H11BrF2N2O2S. The number of anilines is 2. The zero-order valence-electron chi connectivity index (χ0n) is 10.8. The number of hydrogen-bond acceptors (Lipinski definition) is 3. The molecule has 21 heavy (non-hydrogen) atoms. The van der Waals surface area contributed by atoms with E-state index in [1.165, 1.54) is 12.1 Å². The number of halogens is 3. The lowest BCUT2D eigenvalue weighted by Gasteiger charge is -2.11. The van der Waals surface area contributed by atoms with Gasteiger partial charge in [0, 0.05) is 15.8 Å². The number of aryl methyl sites for hydroxylation is 1. The molecule has 0 amide bonds. The highest BCUT2D eigenvalue weighted by Crippen LogP contribution is 2.26. The number of nitrogens with one attached hydrogen (secondary N) is 1. The van der Waals surface area contributed by atoms with Gasteiger partial charge in [-0.2, -0.15) is 0 Å². The zero-order valence-corrected chi connectivity index (χ0v) is 13.2. The van der Waals surface area contributed by atoms with Crippen LogP contribution in [0.2, 0.25) is 0 Å². The molecule has 0 aliphatic carbocycles. The molecule has 0 spiro atoms. The molecule has 0 bridgehead atoms. The molecule has 0 fully saturated rings. The molecule has 8 heteroatoms. The third-order valence-electron chi connectivity index (χ3n) is 2.71. The smallest absolute Gasteiger partial charge is 0.267 e. The Morgan fingerprint density at radius 2 is 1.71 bits per heavy atom. The van der Waals surface area contributed by atoms with Gasteiger partial charge in [0.15, 0.2) is 4.90 Å². The van der Waals surface area contributed by atoms with Crippen molar-refractivity contribution in [2.45, 2.75) is 11.8 Å². The largest absolute Gasteiger partial charge is 0.399 e. The molecule has 0 atom stereocenters. The van der Waals surface area contributed by atoms with Crippen LogP contribution in [0.3, 0.4) is 0 Å². The summed E-state index contributed by atoms with van der Waals surface area (Å²) in [4.78, 5) is -1.06. The second-order valence-electron chi connectivity index (χ2n) is 4.38. The summed E-state index contributed by atoms with van der Waals surface area (Å²) >= 11 is 3.25. The molecule has 0 saturated heterocycles. The standard InChI is InChI=1S/C13H11BrF2N2O2S/c1-7-2-3-9(6-10(7)14)18-21(19,20)13-11(15)4-8(17)5-12(13)16/h2-6,18H,17H2,1H3. The van der Waals surface area contributed by atoms with Gasteiger partial charge < -0.3 is 5.73 Å². The van der Waals surface area contributed by atoms with Crippen LogP contribution in [0.5, 0.6) is 0 Å². The van der Waals surface area contributed by atoms with Gasteiger partial charge in [0.1, 0.15) is 11.6 Å². The van der Waals surface area contributed by atoms with Crippen LogP contribution in [-0.2, 0) is 10.0 Å². The van der Waals surface area contributed by atoms with Crippen LogP contribution < -0.4 is 10.5 Å². The van der Waals surface area contributed by atoms with Crippen LogP contribution in [0.25, 0.3) is 0 Å². The van der Waals surface area contributed by atoms with Gasteiger partial charge in [-0.25, -0.2) is 17.2 Å². The zero-order chi connectivity index (χ0) is 15.8. The molecule has 0 unspecified atom stereocenters. The number of nitrogen functional groups attached to an aromatic ring is 1. The SMILES string of the molecule is Cc1ccc(NS(=O)(=O)c2c(F)cc(N)cc2F)cc1Br.